The van der Waals surface area contributed by atoms with Crippen LogP contribution in [0.15, 0.2) is 42.1 Å². The number of halogens is 1. The quantitative estimate of drug-likeness (QED) is 0.698. The zero-order valence-electron chi connectivity index (χ0n) is 16.9. The highest BCUT2D eigenvalue weighted by molar-refractivity contribution is 6.34. The Morgan fingerprint density at radius 2 is 1.59 bits per heavy atom. The zero-order chi connectivity index (χ0) is 21.6. The maximum Gasteiger partial charge on any atom is 0.269 e. The molecule has 2 aromatic carbocycles. The van der Waals surface area contributed by atoms with Crippen LogP contribution in [-0.2, 0) is 4.79 Å². The lowest BCUT2D eigenvalue weighted by Gasteiger charge is -2.16. The minimum absolute atomic E-state index is 0.0641. The number of hydrogen-bond donors (Lipinski definition) is 1. The van der Waals surface area contributed by atoms with Crippen molar-refractivity contribution < 1.29 is 23.8 Å². The number of hydrogen-bond acceptors (Lipinski definition) is 5. The van der Waals surface area contributed by atoms with Gasteiger partial charge in [0.25, 0.3) is 11.8 Å². The summed E-state index contributed by atoms with van der Waals surface area (Å²) >= 11 is 6.09. The van der Waals surface area contributed by atoms with Gasteiger partial charge in [0.2, 0.25) is 5.75 Å². The van der Waals surface area contributed by atoms with Crippen molar-refractivity contribution in [2.45, 2.75) is 0 Å². The lowest BCUT2D eigenvalue weighted by Crippen LogP contribution is -2.34. The Kier molecular flexibility index (Phi) is 7.50. The number of nitrogens with one attached hydrogen (secondary N) is 1. The van der Waals surface area contributed by atoms with Gasteiger partial charge >= 0.3 is 0 Å². The van der Waals surface area contributed by atoms with E-state index >= 15 is 0 Å². The molecule has 0 aromatic heterocycles. The first kappa shape index (κ1) is 22.1. The van der Waals surface area contributed by atoms with Crippen molar-refractivity contribution >= 4 is 29.5 Å². The third kappa shape index (κ3) is 5.20. The smallest absolute Gasteiger partial charge is 0.269 e. The minimum Gasteiger partial charge on any atom is -0.493 e. The number of amides is 2. The van der Waals surface area contributed by atoms with Gasteiger partial charge in [-0.25, -0.2) is 0 Å². The van der Waals surface area contributed by atoms with Crippen LogP contribution in [0.2, 0.25) is 5.02 Å². The molecule has 0 saturated carbocycles. The molecule has 0 radical (unpaired) electrons. The van der Waals surface area contributed by atoms with Crippen LogP contribution < -0.4 is 19.5 Å². The molecule has 1 N–H and O–H groups in total. The van der Waals surface area contributed by atoms with Crippen molar-refractivity contribution in [3.05, 3.63) is 58.2 Å². The monoisotopic (exact) mass is 418 g/mol. The van der Waals surface area contributed by atoms with Crippen LogP contribution in [0.1, 0.15) is 15.9 Å². The van der Waals surface area contributed by atoms with Crippen molar-refractivity contribution in [2.24, 2.45) is 0 Å². The normalized spacial score (nSPS) is 10.9. The number of ether oxygens (including phenoxy) is 3. The molecule has 0 bridgehead atoms. The second-order valence-corrected chi connectivity index (χ2v) is 6.56. The van der Waals surface area contributed by atoms with Gasteiger partial charge in [-0.1, -0.05) is 23.7 Å². The number of benzene rings is 2. The molecule has 0 saturated heterocycles. The van der Waals surface area contributed by atoms with Gasteiger partial charge in [-0.3, -0.25) is 9.59 Å². The van der Waals surface area contributed by atoms with Gasteiger partial charge in [0.15, 0.2) is 11.5 Å². The number of carbonyl (C=O) groups excluding carboxylic acids is 2. The molecule has 0 fully saturated rings. The summed E-state index contributed by atoms with van der Waals surface area (Å²) in [6.45, 7) is 0. The Hall–Kier alpha value is -3.19. The Bertz CT molecular complexity index is 915. The number of nitrogens with zero attached hydrogens (tertiary/aromatic N) is 1. The average Bonchev–Trinajstić information content (AvgIpc) is 2.71. The first-order valence-corrected chi connectivity index (χ1v) is 8.99. The summed E-state index contributed by atoms with van der Waals surface area (Å²) in [4.78, 5) is 26.7. The molecule has 0 aliphatic heterocycles. The van der Waals surface area contributed by atoms with Crippen LogP contribution in [0.3, 0.4) is 0 Å². The fourth-order valence-corrected chi connectivity index (χ4v) is 2.80. The van der Waals surface area contributed by atoms with E-state index in [1.807, 2.05) is 0 Å². The van der Waals surface area contributed by atoms with Crippen LogP contribution in [0.25, 0.3) is 6.08 Å². The third-order valence-corrected chi connectivity index (χ3v) is 4.33. The first-order chi connectivity index (χ1) is 13.8. The van der Waals surface area contributed by atoms with Crippen LogP contribution in [0, 0.1) is 0 Å². The Labute approximate surface area is 174 Å². The van der Waals surface area contributed by atoms with Crippen LogP contribution >= 0.6 is 11.6 Å². The zero-order valence-corrected chi connectivity index (χ0v) is 17.7. The maximum absolute atomic E-state index is 12.7. The first-order valence-electron chi connectivity index (χ1n) is 8.61. The molecule has 2 amide bonds. The molecule has 0 heterocycles. The minimum atomic E-state index is -0.496. The summed E-state index contributed by atoms with van der Waals surface area (Å²) in [5, 5.41) is 2.93. The largest absolute Gasteiger partial charge is 0.493 e. The summed E-state index contributed by atoms with van der Waals surface area (Å²) in [6, 6.07) is 9.94. The van der Waals surface area contributed by atoms with Crippen LogP contribution in [-0.4, -0.2) is 52.1 Å². The van der Waals surface area contributed by atoms with E-state index in [-0.39, 0.29) is 22.2 Å². The van der Waals surface area contributed by atoms with Gasteiger partial charge in [0.1, 0.15) is 5.70 Å². The summed E-state index contributed by atoms with van der Waals surface area (Å²) in [7, 11) is 7.67. The van der Waals surface area contributed by atoms with Gasteiger partial charge in [-0.05, 0) is 35.9 Å². The van der Waals surface area contributed by atoms with Crippen molar-refractivity contribution in [3.8, 4) is 17.2 Å². The molecular formula is C21H23ClN2O5. The molecule has 0 spiro atoms. The number of carbonyl (C=O) groups is 2. The molecule has 7 nitrogen and oxygen atoms in total. The summed E-state index contributed by atoms with van der Waals surface area (Å²) in [5.41, 5.74) is 0.898. The van der Waals surface area contributed by atoms with E-state index in [4.69, 9.17) is 25.8 Å². The maximum atomic E-state index is 12.7. The Morgan fingerprint density at radius 3 is 2.07 bits per heavy atom. The van der Waals surface area contributed by atoms with Gasteiger partial charge in [0.05, 0.1) is 31.9 Å². The molecule has 29 heavy (non-hydrogen) atoms. The molecule has 154 valence electrons. The molecule has 0 aliphatic carbocycles. The highest BCUT2D eigenvalue weighted by Gasteiger charge is 2.19. The van der Waals surface area contributed by atoms with Crippen LogP contribution in [0.5, 0.6) is 17.2 Å². The fraction of sp³-hybridized carbons (Fsp3) is 0.238. The van der Waals surface area contributed by atoms with Gasteiger partial charge < -0.3 is 24.4 Å². The topological polar surface area (TPSA) is 77.1 Å². The van der Waals surface area contributed by atoms with Crippen LogP contribution in [0.4, 0.5) is 0 Å². The van der Waals surface area contributed by atoms with E-state index < -0.39 is 5.91 Å². The molecule has 0 atom stereocenters. The van der Waals surface area contributed by atoms with Crippen molar-refractivity contribution in [1.29, 1.82) is 0 Å². The molecule has 0 unspecified atom stereocenters. The van der Waals surface area contributed by atoms with Gasteiger partial charge in [-0.15, -0.1) is 0 Å². The second kappa shape index (κ2) is 9.84. The number of methoxy groups -OCH3 is 3. The number of rotatable bonds is 7. The fourth-order valence-electron chi connectivity index (χ4n) is 2.58. The van der Waals surface area contributed by atoms with E-state index in [0.717, 1.165) is 0 Å². The lowest BCUT2D eigenvalue weighted by molar-refractivity contribution is -0.124. The summed E-state index contributed by atoms with van der Waals surface area (Å²) < 4.78 is 16.0. The standard InChI is InChI=1S/C21H23ClN2O5/c1-24(2)21(26)16(23-20(25)14-8-6-7-9-15(14)22)10-13-11-17(27-3)19(29-5)18(12-13)28-4/h6-12H,1-5H3,(H,23,25)/b16-10-. The highest BCUT2D eigenvalue weighted by atomic mass is 35.5. The van der Waals surface area contributed by atoms with E-state index in [1.165, 1.54) is 32.3 Å². The summed E-state index contributed by atoms with van der Waals surface area (Å²) in [6.07, 6.45) is 1.53. The van der Waals surface area contributed by atoms with Crippen molar-refractivity contribution in [3.63, 3.8) is 0 Å². The molecule has 8 heteroatoms. The van der Waals surface area contributed by atoms with E-state index in [0.29, 0.717) is 22.8 Å². The van der Waals surface area contributed by atoms with Gasteiger partial charge in [-0.2, -0.15) is 0 Å². The number of likely N-dealkylation sites (N-methyl/N-ethyl adjacent to an activating group) is 1. The lowest BCUT2D eigenvalue weighted by atomic mass is 10.1. The predicted molar refractivity (Wildman–Crippen MR) is 112 cm³/mol. The summed E-state index contributed by atoms with van der Waals surface area (Å²) in [5.74, 6) is 0.385. The van der Waals surface area contributed by atoms with Gasteiger partial charge in [0, 0.05) is 14.1 Å². The van der Waals surface area contributed by atoms with Crippen molar-refractivity contribution in [1.82, 2.24) is 10.2 Å². The molecule has 2 aromatic rings. The SMILES string of the molecule is COc1cc(/C=C(\NC(=O)c2ccccc2Cl)C(=O)N(C)C)cc(OC)c1OC. The highest BCUT2D eigenvalue weighted by Crippen LogP contribution is 2.38. The van der Waals surface area contributed by atoms with E-state index in [9.17, 15) is 9.59 Å². The Balaban J connectivity index is 2.50. The molecule has 2 rings (SSSR count). The molecular weight excluding hydrogens is 396 g/mol. The molecule has 0 aliphatic rings. The van der Waals surface area contributed by atoms with E-state index in [1.54, 1.807) is 50.5 Å². The third-order valence-electron chi connectivity index (χ3n) is 4.00. The van der Waals surface area contributed by atoms with E-state index in [2.05, 4.69) is 5.32 Å². The predicted octanol–water partition coefficient (Wildman–Crippen LogP) is 3.22. The van der Waals surface area contributed by atoms with Crippen molar-refractivity contribution in [2.75, 3.05) is 35.4 Å². The second-order valence-electron chi connectivity index (χ2n) is 6.15. The Morgan fingerprint density at radius 1 is 1.00 bits per heavy atom. The average molecular weight is 419 g/mol.